The number of hydrogen-bond acceptors (Lipinski definition) is 3. The van der Waals surface area contributed by atoms with Crippen molar-refractivity contribution in [1.82, 2.24) is 14.7 Å². The highest BCUT2D eigenvalue weighted by Gasteiger charge is 2.27. The van der Waals surface area contributed by atoms with E-state index in [0.717, 1.165) is 31.0 Å². The average molecular weight is 284 g/mol. The molecule has 2 N–H and O–H groups in total. The summed E-state index contributed by atoms with van der Waals surface area (Å²) in [4.78, 5) is 2.45. The van der Waals surface area contributed by atoms with Gasteiger partial charge < -0.3 is 5.73 Å². The first kappa shape index (κ1) is 14.3. The summed E-state index contributed by atoms with van der Waals surface area (Å²) in [5.41, 5.74) is 10.9. The molecule has 2 heterocycles. The van der Waals surface area contributed by atoms with Crippen LogP contribution in [0.2, 0.25) is 0 Å². The van der Waals surface area contributed by atoms with Crippen LogP contribution in [0.25, 0.3) is 5.69 Å². The maximum Gasteiger partial charge on any atom is 0.0648 e. The Morgan fingerprint density at radius 1 is 1.19 bits per heavy atom. The second kappa shape index (κ2) is 5.62. The van der Waals surface area contributed by atoms with Crippen LogP contribution in [0.5, 0.6) is 0 Å². The van der Waals surface area contributed by atoms with Crippen LogP contribution in [0.4, 0.5) is 0 Å². The molecule has 1 aliphatic heterocycles. The molecule has 4 nitrogen and oxygen atoms in total. The maximum atomic E-state index is 6.13. The number of rotatable bonds is 3. The van der Waals surface area contributed by atoms with Gasteiger partial charge in [0.1, 0.15) is 0 Å². The number of benzene rings is 1. The fourth-order valence-corrected chi connectivity index (χ4v) is 3.17. The molecule has 1 aromatic carbocycles. The van der Waals surface area contributed by atoms with E-state index in [1.807, 2.05) is 22.9 Å². The van der Waals surface area contributed by atoms with Gasteiger partial charge in [-0.05, 0) is 31.9 Å². The molecule has 21 heavy (non-hydrogen) atoms. The smallest absolute Gasteiger partial charge is 0.0648 e. The summed E-state index contributed by atoms with van der Waals surface area (Å²) in [6.07, 6.45) is 0. The lowest BCUT2D eigenvalue weighted by molar-refractivity contribution is 0.317. The number of likely N-dealkylation sites (tertiary alicyclic amines) is 1. The van der Waals surface area contributed by atoms with E-state index in [0.29, 0.717) is 12.0 Å². The number of nitrogens with two attached hydrogens (primary N) is 1. The van der Waals surface area contributed by atoms with E-state index in [4.69, 9.17) is 10.8 Å². The Hall–Kier alpha value is -1.65. The van der Waals surface area contributed by atoms with Crippen molar-refractivity contribution in [3.05, 3.63) is 47.3 Å². The molecule has 0 bridgehead atoms. The standard InChI is InChI=1S/C17H24N4/c1-12-9-20(11-17(12)18)10-16-13(2)19-21(14(16)3)15-7-5-4-6-8-15/h4-8,12,17H,9-11,18H2,1-3H3. The molecule has 1 fully saturated rings. The van der Waals surface area contributed by atoms with Gasteiger partial charge >= 0.3 is 0 Å². The van der Waals surface area contributed by atoms with Crippen LogP contribution < -0.4 is 5.73 Å². The highest BCUT2D eigenvalue weighted by molar-refractivity contribution is 5.36. The van der Waals surface area contributed by atoms with Crippen LogP contribution in [0.1, 0.15) is 23.9 Å². The molecule has 112 valence electrons. The Labute approximate surface area is 126 Å². The molecule has 2 unspecified atom stereocenters. The van der Waals surface area contributed by atoms with Gasteiger partial charge in [-0.15, -0.1) is 0 Å². The predicted molar refractivity (Wildman–Crippen MR) is 85.5 cm³/mol. The zero-order valence-corrected chi connectivity index (χ0v) is 13.1. The summed E-state index contributed by atoms with van der Waals surface area (Å²) in [7, 11) is 0. The third-order valence-electron chi connectivity index (χ3n) is 4.57. The van der Waals surface area contributed by atoms with E-state index >= 15 is 0 Å². The number of aryl methyl sites for hydroxylation is 1. The summed E-state index contributed by atoms with van der Waals surface area (Å²) >= 11 is 0. The van der Waals surface area contributed by atoms with Gasteiger partial charge in [0.15, 0.2) is 0 Å². The van der Waals surface area contributed by atoms with Crippen LogP contribution in [0.15, 0.2) is 30.3 Å². The first-order valence-corrected chi connectivity index (χ1v) is 7.64. The SMILES string of the molecule is Cc1nn(-c2ccccc2)c(C)c1CN1CC(C)C(N)C1. The highest BCUT2D eigenvalue weighted by Crippen LogP contribution is 2.22. The largest absolute Gasteiger partial charge is 0.326 e. The zero-order valence-electron chi connectivity index (χ0n) is 13.1. The van der Waals surface area contributed by atoms with Crippen molar-refractivity contribution in [2.45, 2.75) is 33.4 Å². The minimum atomic E-state index is 0.301. The fourth-order valence-electron chi connectivity index (χ4n) is 3.17. The molecular weight excluding hydrogens is 260 g/mol. The van der Waals surface area contributed by atoms with Crippen LogP contribution >= 0.6 is 0 Å². The van der Waals surface area contributed by atoms with Crippen LogP contribution in [0.3, 0.4) is 0 Å². The third-order valence-corrected chi connectivity index (χ3v) is 4.57. The Kier molecular flexibility index (Phi) is 3.83. The van der Waals surface area contributed by atoms with E-state index < -0.39 is 0 Å². The molecule has 3 rings (SSSR count). The van der Waals surface area contributed by atoms with E-state index in [-0.39, 0.29) is 0 Å². The molecule has 2 atom stereocenters. The summed E-state index contributed by atoms with van der Waals surface area (Å²) in [5.74, 6) is 0.579. The van der Waals surface area contributed by atoms with Crippen LogP contribution in [-0.4, -0.2) is 33.8 Å². The summed E-state index contributed by atoms with van der Waals surface area (Å²) in [6, 6.07) is 10.6. The van der Waals surface area contributed by atoms with E-state index in [9.17, 15) is 0 Å². The van der Waals surface area contributed by atoms with E-state index in [1.165, 1.54) is 11.3 Å². The van der Waals surface area contributed by atoms with E-state index in [1.54, 1.807) is 0 Å². The minimum Gasteiger partial charge on any atom is -0.326 e. The second-order valence-electron chi connectivity index (χ2n) is 6.23. The zero-order chi connectivity index (χ0) is 15.0. The van der Waals surface area contributed by atoms with Crippen molar-refractivity contribution < 1.29 is 0 Å². The maximum absolute atomic E-state index is 6.13. The molecular formula is C17H24N4. The molecule has 0 spiro atoms. The van der Waals surface area contributed by atoms with Crippen molar-refractivity contribution in [2.24, 2.45) is 11.7 Å². The van der Waals surface area contributed by atoms with E-state index in [2.05, 4.69) is 37.8 Å². The second-order valence-corrected chi connectivity index (χ2v) is 6.23. The minimum absolute atomic E-state index is 0.301. The fraction of sp³-hybridized carbons (Fsp3) is 0.471. The Morgan fingerprint density at radius 3 is 2.52 bits per heavy atom. The number of nitrogens with zero attached hydrogens (tertiary/aromatic N) is 3. The molecule has 0 radical (unpaired) electrons. The highest BCUT2D eigenvalue weighted by atomic mass is 15.3. The topological polar surface area (TPSA) is 47.1 Å². The number of hydrogen-bond donors (Lipinski definition) is 1. The summed E-state index contributed by atoms with van der Waals surface area (Å²) < 4.78 is 2.05. The van der Waals surface area contributed by atoms with Crippen molar-refractivity contribution >= 4 is 0 Å². The molecule has 1 aliphatic rings. The van der Waals surface area contributed by atoms with Gasteiger partial charge in [0.05, 0.1) is 11.4 Å². The van der Waals surface area contributed by atoms with Gasteiger partial charge in [-0.1, -0.05) is 25.1 Å². The lowest BCUT2D eigenvalue weighted by atomic mass is 10.1. The monoisotopic (exact) mass is 284 g/mol. The molecule has 0 amide bonds. The first-order valence-electron chi connectivity index (χ1n) is 7.64. The quantitative estimate of drug-likeness (QED) is 0.940. The van der Waals surface area contributed by atoms with Gasteiger partial charge in [0.25, 0.3) is 0 Å². The van der Waals surface area contributed by atoms with Crippen molar-refractivity contribution in [3.8, 4) is 5.69 Å². The molecule has 4 heteroatoms. The van der Waals surface area contributed by atoms with Gasteiger partial charge in [0, 0.05) is 36.9 Å². The summed E-state index contributed by atoms with van der Waals surface area (Å²) in [5, 5.41) is 4.72. The predicted octanol–water partition coefficient (Wildman–Crippen LogP) is 2.27. The molecule has 0 saturated carbocycles. The lowest BCUT2D eigenvalue weighted by Crippen LogP contribution is -2.28. The molecule has 1 saturated heterocycles. The normalized spacial score (nSPS) is 22.9. The number of aromatic nitrogens is 2. The Balaban J connectivity index is 1.86. The molecule has 0 aliphatic carbocycles. The molecule has 1 aromatic heterocycles. The van der Waals surface area contributed by atoms with Gasteiger partial charge in [-0.25, -0.2) is 4.68 Å². The van der Waals surface area contributed by atoms with Crippen molar-refractivity contribution in [3.63, 3.8) is 0 Å². The van der Waals surface area contributed by atoms with Crippen molar-refractivity contribution in [1.29, 1.82) is 0 Å². The Bertz CT molecular complexity index is 607. The lowest BCUT2D eigenvalue weighted by Gasteiger charge is -2.15. The van der Waals surface area contributed by atoms with Crippen LogP contribution in [0, 0.1) is 19.8 Å². The van der Waals surface area contributed by atoms with Crippen molar-refractivity contribution in [2.75, 3.05) is 13.1 Å². The average Bonchev–Trinajstić information content (AvgIpc) is 2.94. The number of para-hydroxylation sites is 1. The van der Waals surface area contributed by atoms with Gasteiger partial charge in [-0.3, -0.25) is 4.90 Å². The van der Waals surface area contributed by atoms with Gasteiger partial charge in [0.2, 0.25) is 0 Å². The van der Waals surface area contributed by atoms with Gasteiger partial charge in [-0.2, -0.15) is 5.10 Å². The Morgan fingerprint density at radius 2 is 1.90 bits per heavy atom. The molecule has 2 aromatic rings. The summed E-state index contributed by atoms with van der Waals surface area (Å²) in [6.45, 7) is 9.50. The first-order chi connectivity index (χ1) is 10.1. The third kappa shape index (κ3) is 2.74. The van der Waals surface area contributed by atoms with Crippen LogP contribution in [-0.2, 0) is 6.54 Å².